The molecule has 1 unspecified atom stereocenters. The molecule has 0 radical (unpaired) electrons. The second kappa shape index (κ2) is 5.23. The normalized spacial score (nSPS) is 24.3. The van der Waals surface area contributed by atoms with Crippen LogP contribution in [0.3, 0.4) is 0 Å². The number of ether oxygens (including phenoxy) is 1. The Morgan fingerprint density at radius 1 is 1.32 bits per heavy atom. The molecule has 1 saturated heterocycles. The van der Waals surface area contributed by atoms with E-state index in [1.165, 1.54) is 0 Å². The van der Waals surface area contributed by atoms with Crippen LogP contribution in [0.4, 0.5) is 0 Å². The summed E-state index contributed by atoms with van der Waals surface area (Å²) in [5, 5.41) is 0. The Balaban J connectivity index is 2.27. The number of morpholine rings is 1. The molecule has 0 spiro atoms. The topological polar surface area (TPSA) is 46.6 Å². The summed E-state index contributed by atoms with van der Waals surface area (Å²) in [7, 11) is -3.22. The van der Waals surface area contributed by atoms with Crippen molar-refractivity contribution in [2.75, 3.05) is 18.9 Å². The predicted molar refractivity (Wildman–Crippen MR) is 75.4 cm³/mol. The molecule has 1 aromatic rings. The van der Waals surface area contributed by atoms with Crippen molar-refractivity contribution in [3.63, 3.8) is 0 Å². The third kappa shape index (κ3) is 2.99. The van der Waals surface area contributed by atoms with Crippen molar-refractivity contribution in [2.45, 2.75) is 32.4 Å². The second-order valence-electron chi connectivity index (χ2n) is 5.45. The SMILES string of the molecule is CCS(=O)(=O)N1CC(c2ccccc2)OCC1(C)C. The van der Waals surface area contributed by atoms with Crippen LogP contribution in [-0.2, 0) is 14.8 Å². The molecule has 0 amide bonds. The summed E-state index contributed by atoms with van der Waals surface area (Å²) in [5.74, 6) is 0.123. The van der Waals surface area contributed by atoms with Crippen LogP contribution >= 0.6 is 0 Å². The first kappa shape index (κ1) is 14.5. The lowest BCUT2D eigenvalue weighted by Crippen LogP contribution is -2.56. The van der Waals surface area contributed by atoms with E-state index in [0.29, 0.717) is 13.2 Å². The number of hydrogen-bond acceptors (Lipinski definition) is 3. The molecule has 4 nitrogen and oxygen atoms in total. The zero-order chi connectivity index (χ0) is 14.1. The highest BCUT2D eigenvalue weighted by molar-refractivity contribution is 7.89. The molecule has 0 aliphatic carbocycles. The molecule has 19 heavy (non-hydrogen) atoms. The predicted octanol–water partition coefficient (Wildman–Crippen LogP) is 2.19. The van der Waals surface area contributed by atoms with Gasteiger partial charge in [-0.05, 0) is 26.3 Å². The van der Waals surface area contributed by atoms with Gasteiger partial charge in [0.05, 0.1) is 24.0 Å². The van der Waals surface area contributed by atoms with Crippen molar-refractivity contribution >= 4 is 10.0 Å². The minimum absolute atomic E-state index is 0.123. The van der Waals surface area contributed by atoms with Gasteiger partial charge in [-0.1, -0.05) is 30.3 Å². The van der Waals surface area contributed by atoms with E-state index in [4.69, 9.17) is 4.74 Å². The average Bonchev–Trinajstić information content (AvgIpc) is 2.39. The van der Waals surface area contributed by atoms with Gasteiger partial charge in [-0.25, -0.2) is 8.42 Å². The van der Waals surface area contributed by atoms with Crippen LogP contribution in [0.25, 0.3) is 0 Å². The molecule has 1 fully saturated rings. The maximum atomic E-state index is 12.2. The Bertz CT molecular complexity index is 525. The highest BCUT2D eigenvalue weighted by atomic mass is 32.2. The van der Waals surface area contributed by atoms with Crippen LogP contribution in [0, 0.1) is 0 Å². The standard InChI is InChI=1S/C14H21NO3S/c1-4-19(16,17)15-10-13(18-11-14(15,2)3)12-8-6-5-7-9-12/h5-9,13H,4,10-11H2,1-3H3. The van der Waals surface area contributed by atoms with E-state index in [-0.39, 0.29) is 11.9 Å². The zero-order valence-electron chi connectivity index (χ0n) is 11.7. The number of sulfonamides is 1. The molecule has 0 N–H and O–H groups in total. The van der Waals surface area contributed by atoms with Gasteiger partial charge in [-0.15, -0.1) is 0 Å². The molecule has 106 valence electrons. The minimum Gasteiger partial charge on any atom is -0.370 e. The van der Waals surface area contributed by atoms with Crippen LogP contribution < -0.4 is 0 Å². The summed E-state index contributed by atoms with van der Waals surface area (Å²) in [6.07, 6.45) is -0.185. The van der Waals surface area contributed by atoms with Crippen molar-refractivity contribution in [2.24, 2.45) is 0 Å². The molecule has 1 atom stereocenters. The van der Waals surface area contributed by atoms with Gasteiger partial charge in [0.15, 0.2) is 0 Å². The Hall–Kier alpha value is -0.910. The fraction of sp³-hybridized carbons (Fsp3) is 0.571. The third-order valence-electron chi connectivity index (χ3n) is 3.52. The van der Waals surface area contributed by atoms with Crippen LogP contribution in [-0.4, -0.2) is 37.2 Å². The molecule has 0 bridgehead atoms. The molecule has 0 aromatic heterocycles. The van der Waals surface area contributed by atoms with Crippen LogP contribution in [0.1, 0.15) is 32.4 Å². The Kier molecular flexibility index (Phi) is 3.99. The average molecular weight is 283 g/mol. The van der Waals surface area contributed by atoms with E-state index in [2.05, 4.69) is 0 Å². The van der Waals surface area contributed by atoms with E-state index in [1.807, 2.05) is 44.2 Å². The van der Waals surface area contributed by atoms with E-state index in [9.17, 15) is 8.42 Å². The number of rotatable bonds is 3. The summed E-state index contributed by atoms with van der Waals surface area (Å²) < 4.78 is 31.9. The molecule has 5 heteroatoms. The van der Waals surface area contributed by atoms with Crippen LogP contribution in [0.2, 0.25) is 0 Å². The van der Waals surface area contributed by atoms with E-state index in [0.717, 1.165) is 5.56 Å². The van der Waals surface area contributed by atoms with Crippen molar-refractivity contribution in [3.05, 3.63) is 35.9 Å². The first-order valence-corrected chi connectivity index (χ1v) is 8.15. The highest BCUT2D eigenvalue weighted by Gasteiger charge is 2.41. The van der Waals surface area contributed by atoms with Crippen LogP contribution in [0.15, 0.2) is 30.3 Å². The van der Waals surface area contributed by atoms with Crippen molar-refractivity contribution < 1.29 is 13.2 Å². The van der Waals surface area contributed by atoms with Gasteiger partial charge in [-0.3, -0.25) is 0 Å². The maximum absolute atomic E-state index is 12.2. The lowest BCUT2D eigenvalue weighted by Gasteiger charge is -2.44. The van der Waals surface area contributed by atoms with Gasteiger partial charge in [0, 0.05) is 6.54 Å². The largest absolute Gasteiger partial charge is 0.370 e. The third-order valence-corrected chi connectivity index (χ3v) is 5.56. The molecular formula is C14H21NO3S. The zero-order valence-corrected chi connectivity index (χ0v) is 12.5. The summed E-state index contributed by atoms with van der Waals surface area (Å²) in [6, 6.07) is 9.77. The smallest absolute Gasteiger partial charge is 0.214 e. The minimum atomic E-state index is -3.22. The van der Waals surface area contributed by atoms with Gasteiger partial charge >= 0.3 is 0 Å². The van der Waals surface area contributed by atoms with Crippen LogP contribution in [0.5, 0.6) is 0 Å². The number of benzene rings is 1. The first-order valence-electron chi connectivity index (χ1n) is 6.54. The highest BCUT2D eigenvalue weighted by Crippen LogP contribution is 2.32. The van der Waals surface area contributed by atoms with Gasteiger partial charge in [0.1, 0.15) is 0 Å². The monoisotopic (exact) mass is 283 g/mol. The van der Waals surface area contributed by atoms with E-state index >= 15 is 0 Å². The fourth-order valence-electron chi connectivity index (χ4n) is 2.34. The van der Waals surface area contributed by atoms with E-state index in [1.54, 1.807) is 11.2 Å². The van der Waals surface area contributed by atoms with Crippen molar-refractivity contribution in [1.29, 1.82) is 0 Å². The van der Waals surface area contributed by atoms with Crippen molar-refractivity contribution in [3.8, 4) is 0 Å². The first-order chi connectivity index (χ1) is 8.87. The summed E-state index contributed by atoms with van der Waals surface area (Å²) in [4.78, 5) is 0. The summed E-state index contributed by atoms with van der Waals surface area (Å²) in [5.41, 5.74) is 0.537. The Morgan fingerprint density at radius 2 is 1.95 bits per heavy atom. The molecule has 1 aliphatic heterocycles. The summed E-state index contributed by atoms with van der Waals surface area (Å²) >= 11 is 0. The van der Waals surface area contributed by atoms with E-state index < -0.39 is 15.6 Å². The Labute approximate surface area is 115 Å². The second-order valence-corrected chi connectivity index (χ2v) is 7.64. The van der Waals surface area contributed by atoms with Gasteiger partial charge in [0.2, 0.25) is 10.0 Å². The van der Waals surface area contributed by atoms with Crippen molar-refractivity contribution in [1.82, 2.24) is 4.31 Å². The number of nitrogens with zero attached hydrogens (tertiary/aromatic N) is 1. The molecule has 1 heterocycles. The van der Waals surface area contributed by atoms with Gasteiger partial charge < -0.3 is 4.74 Å². The van der Waals surface area contributed by atoms with Gasteiger partial charge in [-0.2, -0.15) is 4.31 Å². The molecular weight excluding hydrogens is 262 g/mol. The maximum Gasteiger partial charge on any atom is 0.214 e. The van der Waals surface area contributed by atoms with Gasteiger partial charge in [0.25, 0.3) is 0 Å². The number of hydrogen-bond donors (Lipinski definition) is 0. The fourth-order valence-corrected chi connectivity index (χ4v) is 3.82. The quantitative estimate of drug-likeness (QED) is 0.854. The molecule has 2 rings (SSSR count). The summed E-state index contributed by atoms with van der Waals surface area (Å²) in [6.45, 7) is 6.28. The lowest BCUT2D eigenvalue weighted by molar-refractivity contribution is -0.0654. The molecule has 1 aromatic carbocycles. The molecule has 0 saturated carbocycles. The Morgan fingerprint density at radius 3 is 2.53 bits per heavy atom. The molecule has 1 aliphatic rings. The lowest BCUT2D eigenvalue weighted by atomic mass is 10.0.